The third-order valence-corrected chi connectivity index (χ3v) is 2.91. The van der Waals surface area contributed by atoms with Crippen molar-refractivity contribution in [2.75, 3.05) is 0 Å². The lowest BCUT2D eigenvalue weighted by Crippen LogP contribution is -2.03. The highest BCUT2D eigenvalue weighted by atomic mass is 16.4. The highest BCUT2D eigenvalue weighted by molar-refractivity contribution is 5.94. The summed E-state index contributed by atoms with van der Waals surface area (Å²) in [5, 5.41) is 26.8. The summed E-state index contributed by atoms with van der Waals surface area (Å²) in [6.45, 7) is 0. The van der Waals surface area contributed by atoms with Crippen LogP contribution in [0, 0.1) is 11.8 Å². The van der Waals surface area contributed by atoms with Crippen molar-refractivity contribution in [1.29, 1.82) is 0 Å². The maximum absolute atomic E-state index is 11.0. The summed E-state index contributed by atoms with van der Waals surface area (Å²) in [5.74, 6) is 1.86. The molecule has 6 heteroatoms. The van der Waals surface area contributed by atoms with Gasteiger partial charge in [0.1, 0.15) is 0 Å². The molecule has 0 atom stereocenters. The number of hydrogen-bond donors (Lipinski definition) is 3. The van der Waals surface area contributed by atoms with E-state index < -0.39 is 17.9 Å². The number of hydrogen-bond acceptors (Lipinski definition) is 3. The van der Waals surface area contributed by atoms with E-state index in [1.54, 1.807) is 0 Å². The molecule has 0 bridgehead atoms. The Morgan fingerprint density at radius 3 is 1.48 bits per heavy atom. The van der Waals surface area contributed by atoms with Crippen molar-refractivity contribution in [3.8, 4) is 11.8 Å². The van der Waals surface area contributed by atoms with Crippen LogP contribution in [0.15, 0.2) is 42.5 Å². The first-order chi connectivity index (χ1) is 10.9. The molecule has 0 saturated heterocycles. The summed E-state index contributed by atoms with van der Waals surface area (Å²) >= 11 is 0. The molecule has 3 N–H and O–H groups in total. The molecule has 0 saturated carbocycles. The van der Waals surface area contributed by atoms with E-state index in [1.165, 1.54) is 36.4 Å². The SMILES string of the molecule is O=C(O)c1ccc(C#Cc2cc(C(=O)O)cc(C(=O)O)c2)cc1. The largest absolute Gasteiger partial charge is 0.478 e. The number of benzene rings is 2. The lowest BCUT2D eigenvalue weighted by atomic mass is 10.1. The van der Waals surface area contributed by atoms with Crippen LogP contribution in [-0.2, 0) is 0 Å². The Hall–Kier alpha value is -3.59. The normalized spacial score (nSPS) is 9.57. The second kappa shape index (κ2) is 6.45. The Bertz CT molecular complexity index is 821. The average molecular weight is 310 g/mol. The van der Waals surface area contributed by atoms with E-state index >= 15 is 0 Å². The maximum atomic E-state index is 11.0. The predicted octanol–water partition coefficient (Wildman–Crippen LogP) is 2.18. The number of aromatic carboxylic acids is 3. The molecule has 0 heterocycles. The number of rotatable bonds is 3. The number of carboxylic acid groups (broad SMARTS) is 3. The molecule has 0 aliphatic heterocycles. The van der Waals surface area contributed by atoms with Gasteiger partial charge in [0, 0.05) is 11.1 Å². The van der Waals surface area contributed by atoms with E-state index in [-0.39, 0.29) is 22.3 Å². The minimum absolute atomic E-state index is 0.122. The monoisotopic (exact) mass is 310 g/mol. The first-order valence-electron chi connectivity index (χ1n) is 6.34. The van der Waals surface area contributed by atoms with Crippen LogP contribution in [0.2, 0.25) is 0 Å². The van der Waals surface area contributed by atoms with Gasteiger partial charge in [-0.2, -0.15) is 0 Å². The van der Waals surface area contributed by atoms with Gasteiger partial charge in [-0.3, -0.25) is 0 Å². The summed E-state index contributed by atoms with van der Waals surface area (Å²) in [7, 11) is 0. The Kier molecular flexibility index (Phi) is 4.43. The van der Waals surface area contributed by atoms with E-state index in [9.17, 15) is 14.4 Å². The fourth-order valence-corrected chi connectivity index (χ4v) is 1.79. The quantitative estimate of drug-likeness (QED) is 0.749. The van der Waals surface area contributed by atoms with Crippen LogP contribution in [0.5, 0.6) is 0 Å². The van der Waals surface area contributed by atoms with Crippen LogP contribution in [-0.4, -0.2) is 33.2 Å². The van der Waals surface area contributed by atoms with Gasteiger partial charge in [0.05, 0.1) is 16.7 Å². The zero-order valence-corrected chi connectivity index (χ0v) is 11.6. The lowest BCUT2D eigenvalue weighted by molar-refractivity contribution is 0.0682. The number of carboxylic acids is 3. The third-order valence-electron chi connectivity index (χ3n) is 2.91. The Balaban J connectivity index is 2.38. The van der Waals surface area contributed by atoms with Crippen LogP contribution in [0.3, 0.4) is 0 Å². The van der Waals surface area contributed by atoms with Crippen molar-refractivity contribution >= 4 is 17.9 Å². The molecule has 0 aliphatic rings. The molecule has 2 rings (SSSR count). The van der Waals surface area contributed by atoms with E-state index in [0.717, 1.165) is 6.07 Å². The third kappa shape index (κ3) is 3.95. The predicted molar refractivity (Wildman–Crippen MR) is 79.7 cm³/mol. The molecule has 114 valence electrons. The van der Waals surface area contributed by atoms with Gasteiger partial charge < -0.3 is 15.3 Å². The molecule has 0 aromatic heterocycles. The second-order valence-corrected chi connectivity index (χ2v) is 4.54. The first-order valence-corrected chi connectivity index (χ1v) is 6.34. The van der Waals surface area contributed by atoms with Gasteiger partial charge in [-0.25, -0.2) is 14.4 Å². The molecule has 0 radical (unpaired) electrons. The van der Waals surface area contributed by atoms with Crippen molar-refractivity contribution in [2.45, 2.75) is 0 Å². The molecular weight excluding hydrogens is 300 g/mol. The van der Waals surface area contributed by atoms with Gasteiger partial charge in [-0.15, -0.1) is 0 Å². The topological polar surface area (TPSA) is 112 Å². The zero-order valence-electron chi connectivity index (χ0n) is 11.6. The van der Waals surface area contributed by atoms with Crippen LogP contribution < -0.4 is 0 Å². The summed E-state index contributed by atoms with van der Waals surface area (Å²) in [6, 6.07) is 9.40. The second-order valence-electron chi connectivity index (χ2n) is 4.54. The molecule has 2 aromatic rings. The average Bonchev–Trinajstić information content (AvgIpc) is 2.52. The van der Waals surface area contributed by atoms with Gasteiger partial charge in [0.15, 0.2) is 0 Å². The zero-order chi connectivity index (χ0) is 17.0. The fourth-order valence-electron chi connectivity index (χ4n) is 1.79. The van der Waals surface area contributed by atoms with Crippen molar-refractivity contribution in [3.05, 3.63) is 70.3 Å². The molecule has 6 nitrogen and oxygen atoms in total. The molecule has 0 spiro atoms. The number of carbonyl (C=O) groups is 3. The van der Waals surface area contributed by atoms with Gasteiger partial charge in [-0.05, 0) is 42.5 Å². The Morgan fingerprint density at radius 1 is 0.609 bits per heavy atom. The van der Waals surface area contributed by atoms with E-state index in [2.05, 4.69) is 11.8 Å². The molecular formula is C17H10O6. The Labute approximate surface area is 130 Å². The van der Waals surface area contributed by atoms with Crippen molar-refractivity contribution in [3.63, 3.8) is 0 Å². The molecule has 2 aromatic carbocycles. The highest BCUT2D eigenvalue weighted by Crippen LogP contribution is 2.11. The van der Waals surface area contributed by atoms with Crippen molar-refractivity contribution < 1.29 is 29.7 Å². The summed E-state index contributed by atoms with van der Waals surface area (Å²) in [4.78, 5) is 32.8. The molecule has 0 fully saturated rings. The molecule has 23 heavy (non-hydrogen) atoms. The molecule has 0 aliphatic carbocycles. The van der Waals surface area contributed by atoms with Gasteiger partial charge in [0.2, 0.25) is 0 Å². The standard InChI is InChI=1S/C17H10O6/c18-15(19)12-5-3-10(4-6-12)1-2-11-7-13(16(20)21)9-14(8-11)17(22)23/h3-9H,(H,18,19)(H,20,21)(H,22,23). The minimum atomic E-state index is -1.25. The van der Waals surface area contributed by atoms with Crippen LogP contribution in [0.4, 0.5) is 0 Å². The van der Waals surface area contributed by atoms with E-state index in [4.69, 9.17) is 15.3 Å². The molecule has 0 amide bonds. The van der Waals surface area contributed by atoms with Gasteiger partial charge in [0.25, 0.3) is 0 Å². The highest BCUT2D eigenvalue weighted by Gasteiger charge is 2.10. The van der Waals surface area contributed by atoms with Gasteiger partial charge in [-0.1, -0.05) is 11.8 Å². The summed E-state index contributed by atoms with van der Waals surface area (Å²) in [5.41, 5.74) is 0.541. The molecule has 0 unspecified atom stereocenters. The summed E-state index contributed by atoms with van der Waals surface area (Å²) < 4.78 is 0. The van der Waals surface area contributed by atoms with Gasteiger partial charge >= 0.3 is 17.9 Å². The minimum Gasteiger partial charge on any atom is -0.478 e. The summed E-state index contributed by atoms with van der Waals surface area (Å²) in [6.07, 6.45) is 0. The Morgan fingerprint density at radius 2 is 1.04 bits per heavy atom. The van der Waals surface area contributed by atoms with Crippen molar-refractivity contribution in [2.24, 2.45) is 0 Å². The van der Waals surface area contributed by atoms with E-state index in [1.807, 2.05) is 0 Å². The smallest absolute Gasteiger partial charge is 0.335 e. The van der Waals surface area contributed by atoms with Crippen LogP contribution in [0.1, 0.15) is 42.2 Å². The van der Waals surface area contributed by atoms with E-state index in [0.29, 0.717) is 5.56 Å². The first kappa shape index (κ1) is 15.8. The lowest BCUT2D eigenvalue weighted by Gasteiger charge is -2.00. The maximum Gasteiger partial charge on any atom is 0.335 e. The van der Waals surface area contributed by atoms with Crippen molar-refractivity contribution in [1.82, 2.24) is 0 Å². The fraction of sp³-hybridized carbons (Fsp3) is 0. The van der Waals surface area contributed by atoms with Crippen LogP contribution >= 0.6 is 0 Å². The van der Waals surface area contributed by atoms with Crippen LogP contribution in [0.25, 0.3) is 0 Å².